The minimum atomic E-state index is -0.0320. The molecule has 0 aliphatic heterocycles. The zero-order valence-electron chi connectivity index (χ0n) is 13.2. The highest BCUT2D eigenvalue weighted by atomic mass is 16.1. The minimum Gasteiger partial charge on any atom is -0.299 e. The van der Waals surface area contributed by atoms with Crippen LogP contribution in [0.5, 0.6) is 0 Å². The van der Waals surface area contributed by atoms with Crippen LogP contribution in [0.4, 0.5) is 0 Å². The molecule has 1 aromatic heterocycles. The highest BCUT2D eigenvalue weighted by Gasteiger charge is 2.38. The predicted octanol–water partition coefficient (Wildman–Crippen LogP) is 3.26. The summed E-state index contributed by atoms with van der Waals surface area (Å²) in [6.07, 6.45) is 6.45. The molecule has 112 valence electrons. The van der Waals surface area contributed by atoms with E-state index in [1.54, 1.807) is 6.33 Å². The van der Waals surface area contributed by atoms with Crippen LogP contribution in [0.25, 0.3) is 0 Å². The van der Waals surface area contributed by atoms with Crippen LogP contribution in [0.1, 0.15) is 59.2 Å². The number of carbonyl (C=O) groups is 1. The van der Waals surface area contributed by atoms with Crippen molar-refractivity contribution in [1.29, 1.82) is 0 Å². The SMILES string of the molecule is CCCn1ncnc1CC(C)(C)C1CCC(C)CC1=O. The zero-order chi connectivity index (χ0) is 14.8. The summed E-state index contributed by atoms with van der Waals surface area (Å²) in [4.78, 5) is 16.7. The van der Waals surface area contributed by atoms with Gasteiger partial charge in [-0.05, 0) is 30.6 Å². The zero-order valence-corrected chi connectivity index (χ0v) is 13.2. The molecule has 1 aliphatic rings. The molecular formula is C16H27N3O. The molecule has 0 N–H and O–H groups in total. The summed E-state index contributed by atoms with van der Waals surface area (Å²) in [5.41, 5.74) is -0.0320. The molecule has 1 saturated carbocycles. The molecule has 1 fully saturated rings. The number of ketones is 1. The smallest absolute Gasteiger partial charge is 0.138 e. The van der Waals surface area contributed by atoms with E-state index in [-0.39, 0.29) is 11.3 Å². The first-order valence-corrected chi connectivity index (χ1v) is 7.83. The summed E-state index contributed by atoms with van der Waals surface area (Å²) < 4.78 is 1.98. The summed E-state index contributed by atoms with van der Waals surface area (Å²) in [6.45, 7) is 9.63. The molecule has 0 bridgehead atoms. The van der Waals surface area contributed by atoms with E-state index in [0.717, 1.165) is 38.1 Å². The van der Waals surface area contributed by atoms with Crippen molar-refractivity contribution in [3.8, 4) is 0 Å². The molecule has 0 saturated heterocycles. The second kappa shape index (κ2) is 6.06. The second-order valence-electron chi connectivity index (χ2n) is 6.97. The summed E-state index contributed by atoms with van der Waals surface area (Å²) in [5, 5.41) is 4.29. The van der Waals surface area contributed by atoms with Crippen molar-refractivity contribution in [2.75, 3.05) is 0 Å². The molecule has 2 rings (SSSR count). The molecule has 0 spiro atoms. The second-order valence-corrected chi connectivity index (χ2v) is 6.97. The highest BCUT2D eigenvalue weighted by molar-refractivity contribution is 5.82. The Morgan fingerprint density at radius 1 is 1.40 bits per heavy atom. The number of hydrogen-bond donors (Lipinski definition) is 0. The van der Waals surface area contributed by atoms with Gasteiger partial charge in [-0.25, -0.2) is 4.98 Å². The molecule has 1 aromatic rings. The van der Waals surface area contributed by atoms with Crippen molar-refractivity contribution in [1.82, 2.24) is 14.8 Å². The molecule has 2 atom stereocenters. The third-order valence-corrected chi connectivity index (χ3v) is 4.57. The topological polar surface area (TPSA) is 47.8 Å². The van der Waals surface area contributed by atoms with E-state index in [1.165, 1.54) is 6.42 Å². The summed E-state index contributed by atoms with van der Waals surface area (Å²) in [7, 11) is 0. The third kappa shape index (κ3) is 3.28. The van der Waals surface area contributed by atoms with Crippen LogP contribution in [-0.4, -0.2) is 20.5 Å². The van der Waals surface area contributed by atoms with Crippen LogP contribution in [0.15, 0.2) is 6.33 Å². The monoisotopic (exact) mass is 277 g/mol. The van der Waals surface area contributed by atoms with Crippen LogP contribution in [0.3, 0.4) is 0 Å². The number of nitrogens with zero attached hydrogens (tertiary/aromatic N) is 3. The van der Waals surface area contributed by atoms with E-state index in [4.69, 9.17) is 0 Å². The van der Waals surface area contributed by atoms with E-state index >= 15 is 0 Å². The van der Waals surface area contributed by atoms with E-state index in [1.807, 2.05) is 4.68 Å². The van der Waals surface area contributed by atoms with Crippen molar-refractivity contribution >= 4 is 5.78 Å². The summed E-state index contributed by atoms with van der Waals surface area (Å²) in [6, 6.07) is 0. The van der Waals surface area contributed by atoms with Gasteiger partial charge in [-0.15, -0.1) is 0 Å². The highest BCUT2D eigenvalue weighted by Crippen LogP contribution is 2.39. The van der Waals surface area contributed by atoms with E-state index in [2.05, 4.69) is 37.8 Å². The fourth-order valence-corrected chi connectivity index (χ4v) is 3.38. The van der Waals surface area contributed by atoms with Gasteiger partial charge in [0.1, 0.15) is 17.9 Å². The average molecular weight is 277 g/mol. The van der Waals surface area contributed by atoms with Gasteiger partial charge in [0.15, 0.2) is 0 Å². The van der Waals surface area contributed by atoms with E-state index in [0.29, 0.717) is 11.7 Å². The van der Waals surface area contributed by atoms with Gasteiger partial charge in [0, 0.05) is 25.3 Å². The van der Waals surface area contributed by atoms with Crippen molar-refractivity contribution < 1.29 is 4.79 Å². The number of Topliss-reactive ketones (excluding diaryl/α,β-unsaturated/α-hetero) is 1. The van der Waals surface area contributed by atoms with Gasteiger partial charge < -0.3 is 0 Å². The molecule has 0 amide bonds. The van der Waals surface area contributed by atoms with Gasteiger partial charge in [0.25, 0.3) is 0 Å². The van der Waals surface area contributed by atoms with E-state index < -0.39 is 0 Å². The molecule has 2 unspecified atom stereocenters. The first-order valence-electron chi connectivity index (χ1n) is 7.83. The Morgan fingerprint density at radius 3 is 2.80 bits per heavy atom. The van der Waals surface area contributed by atoms with Crippen LogP contribution in [0, 0.1) is 17.3 Å². The third-order valence-electron chi connectivity index (χ3n) is 4.57. The van der Waals surface area contributed by atoms with Gasteiger partial charge >= 0.3 is 0 Å². The van der Waals surface area contributed by atoms with Gasteiger partial charge in [0.05, 0.1) is 0 Å². The molecule has 1 heterocycles. The number of aryl methyl sites for hydroxylation is 1. The lowest BCUT2D eigenvalue weighted by Gasteiger charge is -2.37. The van der Waals surface area contributed by atoms with Gasteiger partial charge in [-0.1, -0.05) is 27.7 Å². The minimum absolute atomic E-state index is 0.0320. The Kier molecular flexibility index (Phi) is 4.61. The lowest BCUT2D eigenvalue weighted by atomic mass is 9.67. The summed E-state index contributed by atoms with van der Waals surface area (Å²) in [5.74, 6) is 2.18. The Bertz CT molecular complexity index is 464. The maximum atomic E-state index is 12.3. The normalized spacial score (nSPS) is 24.1. The van der Waals surface area contributed by atoms with Gasteiger partial charge in [-0.2, -0.15) is 5.10 Å². The quantitative estimate of drug-likeness (QED) is 0.830. The van der Waals surface area contributed by atoms with Gasteiger partial charge in [0.2, 0.25) is 0 Å². The molecule has 20 heavy (non-hydrogen) atoms. The Morgan fingerprint density at radius 2 is 2.15 bits per heavy atom. The van der Waals surface area contributed by atoms with Crippen molar-refractivity contribution in [3.63, 3.8) is 0 Å². The first-order chi connectivity index (χ1) is 9.44. The Hall–Kier alpha value is -1.19. The van der Waals surface area contributed by atoms with Gasteiger partial charge in [-0.3, -0.25) is 9.48 Å². The molecule has 4 heteroatoms. The lowest BCUT2D eigenvalue weighted by Crippen LogP contribution is -2.37. The largest absolute Gasteiger partial charge is 0.299 e. The lowest BCUT2D eigenvalue weighted by molar-refractivity contribution is -0.130. The number of hydrogen-bond acceptors (Lipinski definition) is 3. The van der Waals surface area contributed by atoms with Crippen LogP contribution >= 0.6 is 0 Å². The van der Waals surface area contributed by atoms with Crippen molar-refractivity contribution in [2.24, 2.45) is 17.3 Å². The first kappa shape index (κ1) is 15.2. The predicted molar refractivity (Wildman–Crippen MR) is 79.3 cm³/mol. The maximum absolute atomic E-state index is 12.3. The fraction of sp³-hybridized carbons (Fsp3) is 0.812. The van der Waals surface area contributed by atoms with Crippen LogP contribution < -0.4 is 0 Å². The molecular weight excluding hydrogens is 250 g/mol. The standard InChI is InChI=1S/C16H27N3O/c1-5-8-19-15(17-11-18-19)10-16(3,4)13-7-6-12(2)9-14(13)20/h11-13H,5-10H2,1-4H3. The molecule has 1 aliphatic carbocycles. The Labute approximate surface area is 122 Å². The van der Waals surface area contributed by atoms with Crippen LogP contribution in [-0.2, 0) is 17.8 Å². The average Bonchev–Trinajstić information content (AvgIpc) is 2.76. The molecule has 0 aromatic carbocycles. The number of rotatable bonds is 5. The van der Waals surface area contributed by atoms with Crippen molar-refractivity contribution in [3.05, 3.63) is 12.2 Å². The maximum Gasteiger partial charge on any atom is 0.138 e. The number of carbonyl (C=O) groups excluding carboxylic acids is 1. The summed E-state index contributed by atoms with van der Waals surface area (Å²) >= 11 is 0. The van der Waals surface area contributed by atoms with Crippen molar-refractivity contribution in [2.45, 2.75) is 66.3 Å². The molecule has 4 nitrogen and oxygen atoms in total. The molecule has 0 radical (unpaired) electrons. The van der Waals surface area contributed by atoms with Crippen LogP contribution in [0.2, 0.25) is 0 Å². The fourth-order valence-electron chi connectivity index (χ4n) is 3.38. The Balaban J connectivity index is 2.10. The van der Waals surface area contributed by atoms with E-state index in [9.17, 15) is 4.79 Å². The number of aromatic nitrogens is 3.